The topological polar surface area (TPSA) is 87.7 Å². The molecule has 1 aliphatic heterocycles. The van der Waals surface area contributed by atoms with E-state index in [1.165, 1.54) is 6.33 Å². The largest absolute Gasteiger partial charge is 0.450 e. The molecule has 0 unspecified atom stereocenters. The average molecular weight is 397 g/mol. The number of aromatic nitrogens is 2. The van der Waals surface area contributed by atoms with E-state index in [4.69, 9.17) is 4.74 Å². The zero-order chi connectivity index (χ0) is 20.8. The number of benzene rings is 1. The highest BCUT2D eigenvalue weighted by Gasteiger charge is 2.23. The Morgan fingerprint density at radius 2 is 1.86 bits per heavy atom. The minimum Gasteiger partial charge on any atom is -0.450 e. The summed E-state index contributed by atoms with van der Waals surface area (Å²) in [5.74, 6) is 0.695. The highest BCUT2D eigenvalue weighted by atomic mass is 16.6. The van der Waals surface area contributed by atoms with E-state index in [-0.39, 0.29) is 12.0 Å². The lowest BCUT2D eigenvalue weighted by Gasteiger charge is -2.34. The summed E-state index contributed by atoms with van der Waals surface area (Å²) in [7, 11) is 0. The second kappa shape index (κ2) is 9.36. The summed E-state index contributed by atoms with van der Waals surface area (Å²) in [5, 5.41) is 2.96. The standard InChI is InChI=1S/C21H27N5O3/c1-4-29-21(28)26-11-9-25(10-12-26)19-13-18(22-14-23-19)20(27)24-17-8-6-5-7-16(17)15(2)3/h5-8,13-15H,4,9-12H2,1-3H3,(H,24,27). The molecule has 1 aromatic heterocycles. The number of carbonyl (C=O) groups is 2. The van der Waals surface area contributed by atoms with E-state index in [1.54, 1.807) is 17.9 Å². The van der Waals surface area contributed by atoms with Crippen LogP contribution in [-0.4, -0.2) is 59.7 Å². The van der Waals surface area contributed by atoms with Crippen molar-refractivity contribution in [2.24, 2.45) is 0 Å². The first-order valence-corrected chi connectivity index (χ1v) is 9.88. The molecule has 0 spiro atoms. The monoisotopic (exact) mass is 397 g/mol. The molecular weight excluding hydrogens is 370 g/mol. The number of piperazine rings is 1. The molecule has 1 aliphatic rings. The van der Waals surface area contributed by atoms with Gasteiger partial charge in [0.2, 0.25) is 0 Å². The molecule has 0 aliphatic carbocycles. The molecule has 1 saturated heterocycles. The molecule has 1 N–H and O–H groups in total. The van der Waals surface area contributed by atoms with Gasteiger partial charge in [0.25, 0.3) is 5.91 Å². The molecule has 0 radical (unpaired) electrons. The van der Waals surface area contributed by atoms with Gasteiger partial charge in [-0.15, -0.1) is 0 Å². The highest BCUT2D eigenvalue weighted by Crippen LogP contribution is 2.24. The van der Waals surface area contributed by atoms with Crippen LogP contribution in [0.1, 0.15) is 42.7 Å². The summed E-state index contributed by atoms with van der Waals surface area (Å²) in [5.41, 5.74) is 2.17. The van der Waals surface area contributed by atoms with Gasteiger partial charge < -0.3 is 19.9 Å². The molecule has 0 atom stereocenters. The van der Waals surface area contributed by atoms with Crippen LogP contribution in [0.25, 0.3) is 0 Å². The maximum Gasteiger partial charge on any atom is 0.409 e. The van der Waals surface area contributed by atoms with Crippen molar-refractivity contribution in [3.8, 4) is 0 Å². The number of carbonyl (C=O) groups excluding carboxylic acids is 2. The lowest BCUT2D eigenvalue weighted by atomic mass is 10.0. The van der Waals surface area contributed by atoms with Crippen molar-refractivity contribution >= 4 is 23.5 Å². The van der Waals surface area contributed by atoms with E-state index in [1.807, 2.05) is 29.2 Å². The van der Waals surface area contributed by atoms with Gasteiger partial charge in [-0.3, -0.25) is 4.79 Å². The first kappa shape index (κ1) is 20.6. The molecule has 1 fully saturated rings. The highest BCUT2D eigenvalue weighted by molar-refractivity contribution is 6.03. The van der Waals surface area contributed by atoms with Crippen LogP contribution in [0.5, 0.6) is 0 Å². The molecule has 2 amide bonds. The van der Waals surface area contributed by atoms with E-state index in [2.05, 4.69) is 29.1 Å². The van der Waals surface area contributed by atoms with Gasteiger partial charge in [-0.25, -0.2) is 14.8 Å². The minimum absolute atomic E-state index is 0.271. The smallest absolute Gasteiger partial charge is 0.409 e. The number of nitrogens with zero attached hydrogens (tertiary/aromatic N) is 4. The molecule has 8 heteroatoms. The Morgan fingerprint density at radius 3 is 2.55 bits per heavy atom. The number of nitrogens with one attached hydrogen (secondary N) is 1. The van der Waals surface area contributed by atoms with Crippen molar-refractivity contribution in [2.45, 2.75) is 26.7 Å². The van der Waals surface area contributed by atoms with E-state index in [9.17, 15) is 9.59 Å². The van der Waals surface area contributed by atoms with E-state index in [0.717, 1.165) is 11.3 Å². The Labute approximate surface area is 170 Å². The van der Waals surface area contributed by atoms with Crippen molar-refractivity contribution < 1.29 is 14.3 Å². The third kappa shape index (κ3) is 5.01. The quantitative estimate of drug-likeness (QED) is 0.834. The average Bonchev–Trinajstić information content (AvgIpc) is 2.74. The number of para-hydroxylation sites is 1. The van der Waals surface area contributed by atoms with Crippen LogP contribution in [-0.2, 0) is 4.74 Å². The molecule has 0 saturated carbocycles. The molecule has 3 rings (SSSR count). The number of ether oxygens (including phenoxy) is 1. The Bertz CT molecular complexity index is 863. The van der Waals surface area contributed by atoms with Crippen LogP contribution in [0.4, 0.5) is 16.3 Å². The Hall–Kier alpha value is -3.16. The first-order chi connectivity index (χ1) is 14.0. The fourth-order valence-corrected chi connectivity index (χ4v) is 3.28. The first-order valence-electron chi connectivity index (χ1n) is 9.88. The third-order valence-electron chi connectivity index (χ3n) is 4.85. The fourth-order valence-electron chi connectivity index (χ4n) is 3.28. The van der Waals surface area contributed by atoms with E-state index in [0.29, 0.717) is 50.2 Å². The van der Waals surface area contributed by atoms with Gasteiger partial charge in [-0.1, -0.05) is 32.0 Å². The number of hydrogen-bond donors (Lipinski definition) is 1. The zero-order valence-corrected chi connectivity index (χ0v) is 17.1. The summed E-state index contributed by atoms with van der Waals surface area (Å²) in [6, 6.07) is 9.45. The number of hydrogen-bond acceptors (Lipinski definition) is 6. The van der Waals surface area contributed by atoms with Gasteiger partial charge in [0, 0.05) is 37.9 Å². The van der Waals surface area contributed by atoms with Gasteiger partial charge in [-0.05, 0) is 24.5 Å². The van der Waals surface area contributed by atoms with Crippen LogP contribution < -0.4 is 10.2 Å². The zero-order valence-electron chi connectivity index (χ0n) is 17.1. The predicted octanol–water partition coefficient (Wildman–Crippen LogP) is 3.13. The van der Waals surface area contributed by atoms with E-state index < -0.39 is 0 Å². The molecule has 2 aromatic rings. The van der Waals surface area contributed by atoms with Crippen molar-refractivity contribution in [3.05, 3.63) is 47.9 Å². The van der Waals surface area contributed by atoms with Crippen LogP contribution in [0.3, 0.4) is 0 Å². The molecule has 8 nitrogen and oxygen atoms in total. The maximum absolute atomic E-state index is 12.7. The lowest BCUT2D eigenvalue weighted by Crippen LogP contribution is -2.49. The summed E-state index contributed by atoms with van der Waals surface area (Å²) < 4.78 is 5.05. The molecule has 0 bridgehead atoms. The second-order valence-corrected chi connectivity index (χ2v) is 7.13. The molecular formula is C21H27N5O3. The second-order valence-electron chi connectivity index (χ2n) is 7.13. The summed E-state index contributed by atoms with van der Waals surface area (Å²) >= 11 is 0. The van der Waals surface area contributed by atoms with Crippen LogP contribution in [0, 0.1) is 0 Å². The lowest BCUT2D eigenvalue weighted by molar-refractivity contribution is 0.102. The molecule has 2 heterocycles. The van der Waals surface area contributed by atoms with Gasteiger partial charge in [0.1, 0.15) is 17.8 Å². The van der Waals surface area contributed by atoms with Gasteiger partial charge in [0.05, 0.1) is 6.61 Å². The maximum atomic E-state index is 12.7. The van der Waals surface area contributed by atoms with E-state index >= 15 is 0 Å². The van der Waals surface area contributed by atoms with Crippen molar-refractivity contribution in [2.75, 3.05) is 43.0 Å². The van der Waals surface area contributed by atoms with Crippen LogP contribution in [0.15, 0.2) is 36.7 Å². The van der Waals surface area contributed by atoms with Crippen molar-refractivity contribution in [1.29, 1.82) is 0 Å². The number of anilines is 2. The van der Waals surface area contributed by atoms with Crippen molar-refractivity contribution in [1.82, 2.24) is 14.9 Å². The minimum atomic E-state index is -0.293. The van der Waals surface area contributed by atoms with Crippen molar-refractivity contribution in [3.63, 3.8) is 0 Å². The summed E-state index contributed by atoms with van der Waals surface area (Å²) in [4.78, 5) is 36.7. The van der Waals surface area contributed by atoms with Gasteiger partial charge in [0.15, 0.2) is 0 Å². The number of amides is 2. The predicted molar refractivity (Wildman–Crippen MR) is 111 cm³/mol. The van der Waals surface area contributed by atoms with Crippen LogP contribution in [0.2, 0.25) is 0 Å². The number of rotatable bonds is 5. The Balaban J connectivity index is 1.67. The summed E-state index contributed by atoms with van der Waals surface area (Å²) in [6.45, 7) is 8.66. The third-order valence-corrected chi connectivity index (χ3v) is 4.85. The molecule has 29 heavy (non-hydrogen) atoms. The van der Waals surface area contributed by atoms with Crippen LogP contribution >= 0.6 is 0 Å². The Morgan fingerprint density at radius 1 is 1.14 bits per heavy atom. The molecule has 154 valence electrons. The normalized spacial score (nSPS) is 14.1. The SMILES string of the molecule is CCOC(=O)N1CCN(c2cc(C(=O)Nc3ccccc3C(C)C)ncn2)CC1. The fraction of sp³-hybridized carbons (Fsp3) is 0.429. The summed E-state index contributed by atoms with van der Waals surface area (Å²) in [6.07, 6.45) is 1.11. The van der Waals surface area contributed by atoms with Gasteiger partial charge in [-0.2, -0.15) is 0 Å². The molecule has 1 aromatic carbocycles. The Kier molecular flexibility index (Phi) is 6.64. The van der Waals surface area contributed by atoms with Gasteiger partial charge >= 0.3 is 6.09 Å².